The third-order valence-electron chi connectivity index (χ3n) is 14.3. The summed E-state index contributed by atoms with van der Waals surface area (Å²) in [6.07, 6.45) is -4.88. The smallest absolute Gasteiger partial charge is 0.326 e. The van der Waals surface area contributed by atoms with E-state index < -0.39 is 231 Å². The largest absolute Gasteiger partial charge is 0.481 e. The quantitative estimate of drug-likeness (QED) is 0.0277. The van der Waals surface area contributed by atoms with Crippen molar-refractivity contribution in [3.63, 3.8) is 0 Å². The first-order valence-electron chi connectivity index (χ1n) is 29.3. The molecule has 0 aromatic carbocycles. The summed E-state index contributed by atoms with van der Waals surface area (Å²) in [6, 6.07) is -12.2. The van der Waals surface area contributed by atoms with Crippen molar-refractivity contribution >= 4 is 94.6 Å². The van der Waals surface area contributed by atoms with Crippen molar-refractivity contribution in [3.05, 3.63) is 0 Å². The molecule has 36 heteroatoms. The summed E-state index contributed by atoms with van der Waals surface area (Å²) in [7, 11) is 0. The molecule has 0 aromatic rings. The molecule has 506 valence electrons. The van der Waals surface area contributed by atoms with Crippen molar-refractivity contribution in [2.24, 2.45) is 23.5 Å². The zero-order valence-corrected chi connectivity index (χ0v) is 51.8. The second-order valence-corrected chi connectivity index (χ2v) is 22.7. The van der Waals surface area contributed by atoms with Crippen LogP contribution in [0.4, 0.5) is 0 Å². The van der Waals surface area contributed by atoms with Gasteiger partial charge in [-0.3, -0.25) is 71.9 Å². The second-order valence-electron chi connectivity index (χ2n) is 22.7. The van der Waals surface area contributed by atoms with Gasteiger partial charge in [0.05, 0.1) is 57.6 Å². The monoisotopic (exact) mass is 1280 g/mol. The number of aliphatic hydroxyl groups excluding tert-OH is 3. The second kappa shape index (κ2) is 37.4. The summed E-state index contributed by atoms with van der Waals surface area (Å²) in [6.45, 7) is 9.07. The molecule has 13 atom stereocenters. The molecule has 0 saturated carbocycles. The maximum atomic E-state index is 13.5. The van der Waals surface area contributed by atoms with Gasteiger partial charge in [0, 0.05) is 32.4 Å². The fourth-order valence-electron chi connectivity index (χ4n) is 9.19. The van der Waals surface area contributed by atoms with Gasteiger partial charge in [0.25, 0.3) is 0 Å². The molecule has 0 radical (unpaired) electrons. The van der Waals surface area contributed by atoms with Gasteiger partial charge in [0.15, 0.2) is 0 Å². The number of nitrogens with one attached hydrogen (secondary N) is 12. The molecule has 2 rings (SSSR count). The molecular weight excluding hydrogens is 1190 g/mol. The number of hydrogen-bond donors (Lipinski definition) is 18. The van der Waals surface area contributed by atoms with E-state index in [1.165, 1.54) is 13.8 Å². The Morgan fingerprint density at radius 2 is 0.956 bits per heavy atom. The van der Waals surface area contributed by atoms with Crippen molar-refractivity contribution in [1.29, 1.82) is 0 Å². The van der Waals surface area contributed by atoms with E-state index in [0.29, 0.717) is 6.42 Å². The highest BCUT2D eigenvalue weighted by molar-refractivity contribution is 5.99. The molecule has 2 saturated heterocycles. The van der Waals surface area contributed by atoms with Crippen LogP contribution < -0.4 is 69.5 Å². The molecule has 0 aromatic heterocycles. The number of nitrogens with zero attached hydrogens (tertiary/aromatic N) is 2. The molecule has 0 aliphatic carbocycles. The molecule has 14 amide bonds. The van der Waals surface area contributed by atoms with E-state index in [1.54, 1.807) is 41.5 Å². The topological polar surface area (TPSA) is 551 Å². The number of rotatable bonds is 36. The number of carbonyl (C=O) groups excluding carboxylic acids is 14. The molecule has 2 fully saturated rings. The standard InChI is InChI=1S/C54H89N15O21/c1-10-26(6)44(65-40(77)18-56-36(73)17-57-46(81)27(7)62-49(84)34-14-30(71)22-68(34)41(78)16-55)51(86)59-20-38(75)63-32(11-12-42(79)80)48(83)67-45(29(9)70)52(87)60-19-37(74)61-28(8)47(82)66-43(25(4)5)50(85)58-21-39(76)64-33(13-24(2)3)53(88)69-23-31(72)15-35(69)54(89)90/h24-35,43-45,70-72H,10-23,55H2,1-9H3,(H,56,73)(H,57,81)(H,58,85)(H,59,86)(H,60,87)(H,61,74)(H,62,84)(H,63,75)(H,64,76)(H,65,77)(H,66,82)(H,67,83)(H,79,80)(H,89,90)/t26-,27-,28-,29+,30+,31+,32-,33-,34-,35-,43-,44-,45-/m0/s1. The maximum absolute atomic E-state index is 13.5. The molecule has 2 heterocycles. The Morgan fingerprint density at radius 1 is 0.500 bits per heavy atom. The molecule has 0 spiro atoms. The Morgan fingerprint density at radius 3 is 1.47 bits per heavy atom. The van der Waals surface area contributed by atoms with Crippen LogP contribution in [0.1, 0.15) is 101 Å². The average molecular weight is 1280 g/mol. The Kier molecular flexibility index (Phi) is 32.2. The lowest BCUT2D eigenvalue weighted by molar-refractivity contribution is -0.149. The van der Waals surface area contributed by atoms with Crippen molar-refractivity contribution in [2.75, 3.05) is 52.4 Å². The molecule has 0 unspecified atom stereocenters. The van der Waals surface area contributed by atoms with Gasteiger partial charge in [0.2, 0.25) is 82.7 Å². The number of aliphatic carboxylic acids is 2. The number of carboxylic acid groups (broad SMARTS) is 2. The fourth-order valence-corrected chi connectivity index (χ4v) is 9.19. The van der Waals surface area contributed by atoms with Gasteiger partial charge >= 0.3 is 11.9 Å². The van der Waals surface area contributed by atoms with Crippen LogP contribution in [0.5, 0.6) is 0 Å². The minimum absolute atomic E-state index is 0.0829. The average Bonchev–Trinajstić information content (AvgIpc) is 3.21. The van der Waals surface area contributed by atoms with E-state index in [2.05, 4.69) is 63.8 Å². The van der Waals surface area contributed by atoms with Crippen LogP contribution in [-0.2, 0) is 76.7 Å². The summed E-state index contributed by atoms with van der Waals surface area (Å²) in [5, 5.41) is 77.3. The first kappa shape index (κ1) is 77.5. The van der Waals surface area contributed by atoms with Gasteiger partial charge in [-0.1, -0.05) is 48.0 Å². The van der Waals surface area contributed by atoms with Crippen LogP contribution in [0.15, 0.2) is 0 Å². The lowest BCUT2D eigenvalue weighted by atomic mass is 9.98. The molecule has 2 aliphatic rings. The summed E-state index contributed by atoms with van der Waals surface area (Å²) in [5.41, 5.74) is 5.39. The Labute approximate surface area is 518 Å². The maximum Gasteiger partial charge on any atom is 0.326 e. The summed E-state index contributed by atoms with van der Waals surface area (Å²) < 4.78 is 0. The lowest BCUT2D eigenvalue weighted by Crippen LogP contribution is -2.59. The Hall–Kier alpha value is -8.64. The van der Waals surface area contributed by atoms with Crippen LogP contribution in [0.2, 0.25) is 0 Å². The number of β-amino-alcohol motifs (C(OH)–C–C–N with tert-alkyl or cyclic N) is 2. The van der Waals surface area contributed by atoms with E-state index in [4.69, 9.17) is 5.73 Å². The van der Waals surface area contributed by atoms with Gasteiger partial charge in [0.1, 0.15) is 54.4 Å². The molecule has 90 heavy (non-hydrogen) atoms. The SMILES string of the molecule is CC[C@H](C)[C@H](NC(=O)CNC(=O)CNC(=O)[C@H](C)NC(=O)[C@@H]1C[C@@H](O)CN1C(=O)CN)C(=O)NCC(=O)N[C@@H](CCC(=O)O)C(=O)N[C@H](C(=O)NCC(=O)N[C@@H](C)C(=O)N[C@H](C(=O)NCC(=O)N[C@@H](CC(C)C)C(=O)N1C[C@H](O)C[C@H]1C(=O)O)C(C)C)[C@@H](C)O. The summed E-state index contributed by atoms with van der Waals surface area (Å²) >= 11 is 0. The number of aliphatic hydroxyl groups is 3. The summed E-state index contributed by atoms with van der Waals surface area (Å²) in [5.74, 6) is -16.4. The van der Waals surface area contributed by atoms with Gasteiger partial charge in [-0.15, -0.1) is 0 Å². The van der Waals surface area contributed by atoms with E-state index in [-0.39, 0.29) is 38.3 Å². The zero-order valence-electron chi connectivity index (χ0n) is 51.8. The highest BCUT2D eigenvalue weighted by Crippen LogP contribution is 2.22. The normalized spacial score (nSPS) is 19.1. The number of amides is 14. The molecular formula is C54H89N15O21. The van der Waals surface area contributed by atoms with Crippen LogP contribution in [0, 0.1) is 17.8 Å². The third-order valence-corrected chi connectivity index (χ3v) is 14.3. The molecule has 2 aliphatic heterocycles. The van der Waals surface area contributed by atoms with Crippen molar-refractivity contribution in [1.82, 2.24) is 73.6 Å². The summed E-state index contributed by atoms with van der Waals surface area (Å²) in [4.78, 5) is 207. The van der Waals surface area contributed by atoms with Gasteiger partial charge in [-0.25, -0.2) is 4.79 Å². The molecule has 19 N–H and O–H groups in total. The van der Waals surface area contributed by atoms with Gasteiger partial charge < -0.3 is 105 Å². The van der Waals surface area contributed by atoms with Crippen molar-refractivity contribution < 1.29 is 102 Å². The van der Waals surface area contributed by atoms with E-state index in [0.717, 1.165) is 16.7 Å². The number of nitrogens with two attached hydrogens (primary N) is 1. The minimum Gasteiger partial charge on any atom is -0.481 e. The van der Waals surface area contributed by atoms with E-state index in [9.17, 15) is 102 Å². The third kappa shape index (κ3) is 25.8. The number of hydrogen-bond acceptors (Lipinski definition) is 20. The van der Waals surface area contributed by atoms with Crippen molar-refractivity contribution in [3.8, 4) is 0 Å². The molecule has 36 nitrogen and oxygen atoms in total. The van der Waals surface area contributed by atoms with Gasteiger partial charge in [-0.05, 0) is 51.4 Å². The van der Waals surface area contributed by atoms with Crippen LogP contribution in [0.25, 0.3) is 0 Å². The van der Waals surface area contributed by atoms with Gasteiger partial charge in [-0.2, -0.15) is 0 Å². The highest BCUT2D eigenvalue weighted by atomic mass is 16.4. The number of likely N-dealkylation sites (tertiary alicyclic amines) is 2. The van der Waals surface area contributed by atoms with E-state index >= 15 is 0 Å². The molecule has 0 bridgehead atoms. The Balaban J connectivity index is 1.95. The zero-order chi connectivity index (χ0) is 68.4. The first-order valence-corrected chi connectivity index (χ1v) is 29.3. The number of carbonyl (C=O) groups is 16. The number of carboxylic acids is 2. The minimum atomic E-state index is -1.83. The van der Waals surface area contributed by atoms with Crippen molar-refractivity contribution in [2.45, 2.75) is 174 Å². The lowest BCUT2D eigenvalue weighted by Gasteiger charge is -2.28. The predicted molar refractivity (Wildman–Crippen MR) is 311 cm³/mol. The highest BCUT2D eigenvalue weighted by Gasteiger charge is 2.43. The Bertz CT molecular complexity index is 2630. The van der Waals surface area contributed by atoms with Crippen LogP contribution >= 0.6 is 0 Å². The van der Waals surface area contributed by atoms with E-state index in [1.807, 2.05) is 0 Å². The van der Waals surface area contributed by atoms with Crippen LogP contribution in [0.3, 0.4) is 0 Å². The van der Waals surface area contributed by atoms with Crippen LogP contribution in [-0.4, -0.2) is 255 Å². The first-order chi connectivity index (χ1) is 42.0. The predicted octanol–water partition coefficient (Wildman–Crippen LogP) is -9.04. The fraction of sp³-hybridized carbons (Fsp3) is 0.704.